The second-order valence-corrected chi connectivity index (χ2v) is 5.37. The third-order valence-electron chi connectivity index (χ3n) is 4.12. The third kappa shape index (κ3) is 2.20. The monoisotopic (exact) mass is 272 g/mol. The van der Waals surface area contributed by atoms with Crippen LogP contribution in [0.5, 0.6) is 0 Å². The molecule has 0 bridgehead atoms. The highest BCUT2D eigenvalue weighted by Gasteiger charge is 2.26. The Hall–Kier alpha value is -1.81. The summed E-state index contributed by atoms with van der Waals surface area (Å²) in [5.74, 6) is 0.0208. The number of carbonyl (C=O) groups excluding carboxylic acids is 1. The standard InChI is InChI=1S/C16H20N2O2/c1-11-9-15(16(19)20-2)13-4-3-12(10-14(11)13)18-7-5-17-6-8-18/h3-4,9-11,17H,5-8H2,1-2H3. The lowest BCUT2D eigenvalue weighted by Gasteiger charge is -2.30. The normalized spacial score (nSPS) is 21.4. The molecule has 106 valence electrons. The maximum atomic E-state index is 11.8. The van der Waals surface area contributed by atoms with Gasteiger partial charge in [-0.15, -0.1) is 0 Å². The van der Waals surface area contributed by atoms with Crippen LogP contribution in [0.2, 0.25) is 0 Å². The van der Waals surface area contributed by atoms with Gasteiger partial charge in [-0.2, -0.15) is 0 Å². The fourth-order valence-electron chi connectivity index (χ4n) is 3.01. The number of esters is 1. The van der Waals surface area contributed by atoms with Gasteiger partial charge in [0.2, 0.25) is 0 Å². The van der Waals surface area contributed by atoms with Gasteiger partial charge in [0.1, 0.15) is 0 Å². The number of hydrogen-bond acceptors (Lipinski definition) is 4. The van der Waals surface area contributed by atoms with Crippen molar-refractivity contribution in [2.45, 2.75) is 12.8 Å². The number of benzene rings is 1. The molecule has 0 spiro atoms. The van der Waals surface area contributed by atoms with Crippen molar-refractivity contribution in [3.8, 4) is 0 Å². The second kappa shape index (κ2) is 5.29. The van der Waals surface area contributed by atoms with Crippen LogP contribution in [0, 0.1) is 0 Å². The van der Waals surface area contributed by atoms with Crippen molar-refractivity contribution in [2.24, 2.45) is 0 Å². The fraction of sp³-hybridized carbons (Fsp3) is 0.438. The number of hydrogen-bond donors (Lipinski definition) is 1. The summed E-state index contributed by atoms with van der Waals surface area (Å²) in [6.07, 6.45) is 2.00. The van der Waals surface area contributed by atoms with Crippen LogP contribution in [0.25, 0.3) is 5.57 Å². The molecule has 1 N–H and O–H groups in total. The summed E-state index contributed by atoms with van der Waals surface area (Å²) < 4.78 is 4.86. The highest BCUT2D eigenvalue weighted by molar-refractivity contribution is 6.18. The first-order chi connectivity index (χ1) is 9.70. The van der Waals surface area contributed by atoms with Gasteiger partial charge in [0.25, 0.3) is 0 Å². The van der Waals surface area contributed by atoms with Crippen molar-refractivity contribution < 1.29 is 9.53 Å². The summed E-state index contributed by atoms with van der Waals surface area (Å²) >= 11 is 0. The first-order valence-electron chi connectivity index (χ1n) is 7.11. The molecule has 1 aromatic rings. The van der Waals surface area contributed by atoms with Crippen LogP contribution >= 0.6 is 0 Å². The van der Waals surface area contributed by atoms with Gasteiger partial charge in [-0.1, -0.05) is 19.1 Å². The van der Waals surface area contributed by atoms with E-state index in [4.69, 9.17) is 4.74 Å². The van der Waals surface area contributed by atoms with Crippen molar-refractivity contribution >= 4 is 17.2 Å². The molecule has 4 heteroatoms. The largest absolute Gasteiger partial charge is 0.465 e. The quantitative estimate of drug-likeness (QED) is 0.833. The predicted octanol–water partition coefficient (Wildman–Crippen LogP) is 1.77. The van der Waals surface area contributed by atoms with E-state index in [1.54, 1.807) is 0 Å². The molecular weight excluding hydrogens is 252 g/mol. The van der Waals surface area contributed by atoms with Crippen LogP contribution < -0.4 is 10.2 Å². The molecule has 20 heavy (non-hydrogen) atoms. The Labute approximate surface area is 119 Å². The van der Waals surface area contributed by atoms with E-state index in [9.17, 15) is 4.79 Å². The van der Waals surface area contributed by atoms with Crippen LogP contribution in [0.15, 0.2) is 24.3 Å². The predicted molar refractivity (Wildman–Crippen MR) is 79.9 cm³/mol. The molecule has 2 aliphatic rings. The molecular formula is C16H20N2O2. The van der Waals surface area contributed by atoms with Gasteiger partial charge in [-0.05, 0) is 23.3 Å². The van der Waals surface area contributed by atoms with Gasteiger partial charge in [0, 0.05) is 37.8 Å². The zero-order valence-corrected chi connectivity index (χ0v) is 12.0. The van der Waals surface area contributed by atoms with Crippen LogP contribution in [0.4, 0.5) is 5.69 Å². The maximum Gasteiger partial charge on any atom is 0.338 e. The minimum atomic E-state index is -0.245. The molecule has 1 heterocycles. The second-order valence-electron chi connectivity index (χ2n) is 5.37. The minimum Gasteiger partial charge on any atom is -0.465 e. The lowest BCUT2D eigenvalue weighted by atomic mass is 10.00. The topological polar surface area (TPSA) is 41.6 Å². The highest BCUT2D eigenvalue weighted by Crippen LogP contribution is 2.38. The highest BCUT2D eigenvalue weighted by atomic mass is 16.5. The zero-order chi connectivity index (χ0) is 14.1. The first kappa shape index (κ1) is 13.2. The molecule has 0 amide bonds. The number of rotatable bonds is 2. The summed E-state index contributed by atoms with van der Waals surface area (Å²) in [6.45, 7) is 6.24. The molecule has 4 nitrogen and oxygen atoms in total. The molecule has 0 radical (unpaired) electrons. The summed E-state index contributed by atoms with van der Waals surface area (Å²) in [6, 6.07) is 6.38. The van der Waals surface area contributed by atoms with Crippen LogP contribution in [0.3, 0.4) is 0 Å². The van der Waals surface area contributed by atoms with Crippen molar-refractivity contribution in [2.75, 3.05) is 38.2 Å². The molecule has 1 unspecified atom stereocenters. The molecule has 1 aromatic carbocycles. The lowest BCUT2D eigenvalue weighted by molar-refractivity contribution is -0.133. The maximum absolute atomic E-state index is 11.8. The van der Waals surface area contributed by atoms with Gasteiger partial charge in [-0.3, -0.25) is 0 Å². The average molecular weight is 272 g/mol. The Bertz CT molecular complexity index is 560. The van der Waals surface area contributed by atoms with Crippen LogP contribution in [0.1, 0.15) is 24.0 Å². The number of fused-ring (bicyclic) bond motifs is 1. The number of nitrogens with one attached hydrogen (secondary N) is 1. The van der Waals surface area contributed by atoms with E-state index >= 15 is 0 Å². The molecule has 1 aliphatic heterocycles. The van der Waals surface area contributed by atoms with E-state index in [-0.39, 0.29) is 11.9 Å². The summed E-state index contributed by atoms with van der Waals surface area (Å²) in [5.41, 5.74) is 4.18. The van der Waals surface area contributed by atoms with Gasteiger partial charge >= 0.3 is 5.97 Å². The van der Waals surface area contributed by atoms with E-state index in [1.165, 1.54) is 18.4 Å². The number of carbonyl (C=O) groups is 1. The Morgan fingerprint density at radius 2 is 2.10 bits per heavy atom. The number of nitrogens with zero attached hydrogens (tertiary/aromatic N) is 1. The van der Waals surface area contributed by atoms with Crippen molar-refractivity contribution in [3.05, 3.63) is 35.4 Å². The van der Waals surface area contributed by atoms with Gasteiger partial charge in [-0.25, -0.2) is 4.79 Å². The number of methoxy groups -OCH3 is 1. The van der Waals surface area contributed by atoms with Gasteiger partial charge < -0.3 is 15.0 Å². The molecule has 1 saturated heterocycles. The van der Waals surface area contributed by atoms with Gasteiger partial charge in [0.15, 0.2) is 0 Å². The number of ether oxygens (including phenoxy) is 1. The minimum absolute atomic E-state index is 0.245. The molecule has 3 rings (SSSR count). The summed E-state index contributed by atoms with van der Waals surface area (Å²) in [5, 5.41) is 3.36. The fourth-order valence-corrected chi connectivity index (χ4v) is 3.01. The molecule has 0 aromatic heterocycles. The summed E-state index contributed by atoms with van der Waals surface area (Å²) in [7, 11) is 1.43. The Balaban J connectivity index is 1.91. The van der Waals surface area contributed by atoms with Gasteiger partial charge in [0.05, 0.1) is 12.7 Å². The van der Waals surface area contributed by atoms with E-state index in [0.717, 1.165) is 31.7 Å². The van der Waals surface area contributed by atoms with Crippen molar-refractivity contribution in [1.29, 1.82) is 0 Å². The molecule has 0 saturated carbocycles. The average Bonchev–Trinajstić information content (AvgIpc) is 2.84. The molecule has 1 atom stereocenters. The number of piperazine rings is 1. The van der Waals surface area contributed by atoms with E-state index in [0.29, 0.717) is 5.57 Å². The molecule has 1 aliphatic carbocycles. The number of allylic oxidation sites excluding steroid dienone is 1. The Morgan fingerprint density at radius 3 is 2.80 bits per heavy atom. The SMILES string of the molecule is COC(=O)C1=CC(C)c2cc(N3CCNCC3)ccc21. The zero-order valence-electron chi connectivity index (χ0n) is 12.0. The van der Waals surface area contributed by atoms with Crippen molar-refractivity contribution in [3.63, 3.8) is 0 Å². The van der Waals surface area contributed by atoms with E-state index in [2.05, 4.69) is 35.3 Å². The van der Waals surface area contributed by atoms with E-state index < -0.39 is 0 Å². The lowest BCUT2D eigenvalue weighted by Crippen LogP contribution is -2.43. The summed E-state index contributed by atoms with van der Waals surface area (Å²) in [4.78, 5) is 14.2. The number of anilines is 1. The third-order valence-corrected chi connectivity index (χ3v) is 4.12. The first-order valence-corrected chi connectivity index (χ1v) is 7.11. The Morgan fingerprint density at radius 1 is 1.35 bits per heavy atom. The van der Waals surface area contributed by atoms with Crippen LogP contribution in [-0.4, -0.2) is 39.3 Å². The molecule has 1 fully saturated rings. The van der Waals surface area contributed by atoms with Crippen molar-refractivity contribution in [1.82, 2.24) is 5.32 Å². The van der Waals surface area contributed by atoms with E-state index in [1.807, 2.05) is 6.08 Å². The Kier molecular flexibility index (Phi) is 3.49. The van der Waals surface area contributed by atoms with Crippen LogP contribution in [-0.2, 0) is 9.53 Å². The smallest absolute Gasteiger partial charge is 0.338 e.